The van der Waals surface area contributed by atoms with E-state index in [1.54, 1.807) is 0 Å². The van der Waals surface area contributed by atoms with E-state index < -0.39 is 30.7 Å². The largest absolute Gasteiger partial charge is 0.394 e. The molecular formula is C33H46N4O6. The van der Waals surface area contributed by atoms with E-state index in [1.165, 1.54) is 29.4 Å². The van der Waals surface area contributed by atoms with Gasteiger partial charge in [-0.25, -0.2) is 9.97 Å². The molecule has 3 heterocycles. The lowest BCUT2D eigenvalue weighted by Crippen LogP contribution is -2.60. The predicted octanol–water partition coefficient (Wildman–Crippen LogP) is 4.38. The maximum Gasteiger partial charge on any atom is 0.186 e. The van der Waals surface area contributed by atoms with Crippen LogP contribution >= 0.6 is 0 Å². The number of hydrogen-bond acceptors (Lipinski definition) is 8. The van der Waals surface area contributed by atoms with Crippen LogP contribution in [0, 0.1) is 27.7 Å². The summed E-state index contributed by atoms with van der Waals surface area (Å²) in [7, 11) is 1.54. The number of aliphatic hydroxyl groups excluding tert-OH is 2. The Hall–Kier alpha value is -2.86. The molecule has 43 heavy (non-hydrogen) atoms. The fourth-order valence-electron chi connectivity index (χ4n) is 5.79. The van der Waals surface area contributed by atoms with Gasteiger partial charge in [-0.3, -0.25) is 0 Å². The minimum Gasteiger partial charge on any atom is -0.394 e. The minimum atomic E-state index is -1.03. The number of nitrogens with zero attached hydrogens (tertiary/aromatic N) is 4. The van der Waals surface area contributed by atoms with Gasteiger partial charge in [-0.15, -0.1) is 0 Å². The topological polar surface area (TPSA) is 113 Å². The fourth-order valence-corrected chi connectivity index (χ4v) is 5.79. The van der Waals surface area contributed by atoms with Crippen LogP contribution in [0.3, 0.4) is 0 Å². The Morgan fingerprint density at radius 3 is 1.72 bits per heavy atom. The molecule has 1 aliphatic heterocycles. The number of fused-ring (bicyclic) bond motifs is 2. The van der Waals surface area contributed by atoms with Gasteiger partial charge < -0.3 is 38.3 Å². The number of aryl methyl sites for hydroxylation is 6. The molecule has 2 aromatic heterocycles. The van der Waals surface area contributed by atoms with E-state index in [0.29, 0.717) is 13.2 Å². The zero-order valence-corrected chi connectivity index (χ0v) is 26.0. The molecule has 10 nitrogen and oxygen atoms in total. The van der Waals surface area contributed by atoms with Crippen LogP contribution in [0.25, 0.3) is 22.1 Å². The first-order valence-electron chi connectivity index (χ1n) is 15.3. The molecule has 0 bridgehead atoms. The van der Waals surface area contributed by atoms with E-state index in [0.717, 1.165) is 60.8 Å². The van der Waals surface area contributed by atoms with Crippen LogP contribution in [0.1, 0.15) is 47.9 Å². The van der Waals surface area contributed by atoms with Gasteiger partial charge in [-0.2, -0.15) is 0 Å². The Kier molecular flexibility index (Phi) is 10.5. The van der Waals surface area contributed by atoms with Crippen molar-refractivity contribution in [3.05, 3.63) is 59.2 Å². The second-order valence-electron chi connectivity index (χ2n) is 11.8. The first-order valence-corrected chi connectivity index (χ1v) is 15.3. The molecule has 0 aliphatic carbocycles. The average molecular weight is 595 g/mol. The number of aromatic nitrogens is 4. The summed E-state index contributed by atoms with van der Waals surface area (Å²) in [5.41, 5.74) is 9.29. The molecule has 0 amide bonds. The maximum atomic E-state index is 11.0. The molecule has 0 radical (unpaired) electrons. The van der Waals surface area contributed by atoms with E-state index in [-0.39, 0.29) is 6.61 Å². The Morgan fingerprint density at radius 1 is 0.744 bits per heavy atom. The van der Waals surface area contributed by atoms with Crippen LogP contribution in [-0.4, -0.2) is 87.0 Å². The molecule has 2 N–H and O–H groups in total. The Morgan fingerprint density at radius 2 is 1.23 bits per heavy atom. The van der Waals surface area contributed by atoms with Gasteiger partial charge in [0.05, 0.1) is 41.3 Å². The maximum absolute atomic E-state index is 11.0. The normalized spacial score (nSPS) is 22.6. The van der Waals surface area contributed by atoms with Crippen molar-refractivity contribution in [2.45, 2.75) is 97.2 Å². The van der Waals surface area contributed by atoms with Gasteiger partial charge in [0.2, 0.25) is 0 Å². The van der Waals surface area contributed by atoms with Gasteiger partial charge in [0, 0.05) is 33.4 Å². The van der Waals surface area contributed by atoms with Gasteiger partial charge in [0.1, 0.15) is 24.4 Å². The van der Waals surface area contributed by atoms with Gasteiger partial charge >= 0.3 is 0 Å². The minimum absolute atomic E-state index is 0.335. The number of benzene rings is 2. The van der Waals surface area contributed by atoms with Gasteiger partial charge in [-0.1, -0.05) is 0 Å². The summed E-state index contributed by atoms with van der Waals surface area (Å²) >= 11 is 0. The van der Waals surface area contributed by atoms with Crippen molar-refractivity contribution in [3.63, 3.8) is 0 Å². The highest BCUT2D eigenvalue weighted by Gasteiger charge is 2.46. The molecular weight excluding hydrogens is 548 g/mol. The Balaban J connectivity index is 1.13. The van der Waals surface area contributed by atoms with E-state index in [1.807, 2.05) is 12.7 Å². The molecule has 2 aromatic carbocycles. The molecule has 0 spiro atoms. The van der Waals surface area contributed by atoms with Crippen LogP contribution in [0.4, 0.5) is 0 Å². The molecule has 4 aromatic rings. The van der Waals surface area contributed by atoms with E-state index >= 15 is 0 Å². The van der Waals surface area contributed by atoms with Crippen LogP contribution in [0.5, 0.6) is 0 Å². The second-order valence-corrected chi connectivity index (χ2v) is 11.8. The molecule has 234 valence electrons. The molecule has 1 aliphatic rings. The zero-order chi connectivity index (χ0) is 30.5. The van der Waals surface area contributed by atoms with Crippen molar-refractivity contribution in [2.75, 3.05) is 26.9 Å². The number of aliphatic hydroxyl groups is 2. The molecule has 10 heteroatoms. The molecule has 1 saturated heterocycles. The molecule has 0 saturated carbocycles. The monoisotopic (exact) mass is 594 g/mol. The lowest BCUT2D eigenvalue weighted by molar-refractivity contribution is -0.310. The first kappa shape index (κ1) is 31.6. The van der Waals surface area contributed by atoms with Crippen molar-refractivity contribution < 1.29 is 29.2 Å². The summed E-state index contributed by atoms with van der Waals surface area (Å²) < 4.78 is 28.2. The van der Waals surface area contributed by atoms with Crippen molar-refractivity contribution in [1.82, 2.24) is 19.1 Å². The highest BCUT2D eigenvalue weighted by molar-refractivity contribution is 5.78. The average Bonchev–Trinajstić information content (AvgIpc) is 3.57. The van der Waals surface area contributed by atoms with E-state index in [4.69, 9.17) is 18.9 Å². The summed E-state index contributed by atoms with van der Waals surface area (Å²) in [6.45, 7) is 10.7. The molecule has 5 atom stereocenters. The quantitative estimate of drug-likeness (QED) is 0.207. The lowest BCUT2D eigenvalue weighted by atomic mass is 9.98. The van der Waals surface area contributed by atoms with Gasteiger partial charge in [0.15, 0.2) is 6.29 Å². The molecule has 0 unspecified atom stereocenters. The first-order chi connectivity index (χ1) is 20.8. The summed E-state index contributed by atoms with van der Waals surface area (Å²) in [6.07, 6.45) is 3.29. The van der Waals surface area contributed by atoms with Crippen LogP contribution in [0.15, 0.2) is 36.9 Å². The number of ether oxygens (including phenoxy) is 4. The SMILES string of the molecule is CO[C@H]1O[C@H](CO)[C@@H](O)[C@H](OCCCCn2cnc3cc(C)c(C)cc32)[C@H]1OCCCCn1cnc2cc(C)c(C)cc21. The number of hydrogen-bond donors (Lipinski definition) is 2. The Labute approximate surface area is 253 Å². The van der Waals surface area contributed by atoms with E-state index in [9.17, 15) is 10.2 Å². The van der Waals surface area contributed by atoms with Crippen molar-refractivity contribution >= 4 is 22.1 Å². The third kappa shape index (κ3) is 7.11. The second kappa shape index (κ2) is 14.3. The smallest absolute Gasteiger partial charge is 0.186 e. The molecule has 5 rings (SSSR count). The van der Waals surface area contributed by atoms with Crippen molar-refractivity contribution in [3.8, 4) is 0 Å². The van der Waals surface area contributed by atoms with Crippen LogP contribution in [0.2, 0.25) is 0 Å². The zero-order valence-electron chi connectivity index (χ0n) is 26.0. The predicted molar refractivity (Wildman–Crippen MR) is 165 cm³/mol. The van der Waals surface area contributed by atoms with Crippen LogP contribution < -0.4 is 0 Å². The highest BCUT2D eigenvalue weighted by Crippen LogP contribution is 2.27. The lowest BCUT2D eigenvalue weighted by Gasteiger charge is -2.43. The fraction of sp³-hybridized carbons (Fsp3) is 0.576. The number of imidazole rings is 2. The van der Waals surface area contributed by atoms with Crippen molar-refractivity contribution in [2.24, 2.45) is 0 Å². The highest BCUT2D eigenvalue weighted by atomic mass is 16.7. The number of methoxy groups -OCH3 is 1. The Bertz CT molecular complexity index is 1500. The molecule has 1 fully saturated rings. The number of unbranched alkanes of at least 4 members (excludes halogenated alkanes) is 2. The summed E-state index contributed by atoms with van der Waals surface area (Å²) in [4.78, 5) is 9.10. The van der Waals surface area contributed by atoms with Crippen molar-refractivity contribution in [1.29, 1.82) is 0 Å². The standard InChI is InChI=1S/C33H46N4O6/c1-21-14-25-27(16-23(21)3)36(19-34-25)10-6-8-12-41-31-30(39)29(18-38)43-33(40-5)32(31)42-13-9-7-11-37-20-35-26-15-22(2)24(4)17-28(26)37/h14-17,19-20,29-33,38-39H,6-13,18H2,1-5H3/t29-,30-,31+,32-,33+/m1/s1. The summed E-state index contributed by atoms with van der Waals surface area (Å²) in [5, 5.41) is 20.8. The summed E-state index contributed by atoms with van der Waals surface area (Å²) in [5.74, 6) is 0. The number of rotatable bonds is 14. The van der Waals surface area contributed by atoms with E-state index in [2.05, 4.69) is 71.1 Å². The van der Waals surface area contributed by atoms with Gasteiger partial charge in [-0.05, 0) is 99.9 Å². The van der Waals surface area contributed by atoms with Crippen LogP contribution in [-0.2, 0) is 32.0 Å². The van der Waals surface area contributed by atoms with Gasteiger partial charge in [0.25, 0.3) is 0 Å². The third-order valence-corrected chi connectivity index (χ3v) is 8.71. The third-order valence-electron chi connectivity index (χ3n) is 8.71. The summed E-state index contributed by atoms with van der Waals surface area (Å²) in [6, 6.07) is 8.64.